The molecule has 0 unspecified atom stereocenters. The average molecular weight is 306 g/mol. The highest BCUT2D eigenvalue weighted by Crippen LogP contribution is 2.28. The lowest BCUT2D eigenvalue weighted by molar-refractivity contribution is 0.411. The predicted molar refractivity (Wildman–Crippen MR) is 85.7 cm³/mol. The topological polar surface area (TPSA) is 52.0 Å². The molecule has 2 aromatic rings. The molecule has 0 amide bonds. The Morgan fingerprint density at radius 1 is 1.33 bits per heavy atom. The zero-order valence-corrected chi connectivity index (χ0v) is 13.8. The Morgan fingerprint density at radius 3 is 2.76 bits per heavy atom. The summed E-state index contributed by atoms with van der Waals surface area (Å²) in [6.45, 7) is 5.90. The van der Waals surface area contributed by atoms with Gasteiger partial charge in [0.25, 0.3) is 0 Å². The molecule has 5 nitrogen and oxygen atoms in total. The maximum absolute atomic E-state index is 5.45. The van der Waals surface area contributed by atoms with Crippen LogP contribution < -0.4 is 10.1 Å². The van der Waals surface area contributed by atoms with Gasteiger partial charge in [0.05, 0.1) is 7.11 Å². The maximum Gasteiger partial charge on any atom is 0.191 e. The van der Waals surface area contributed by atoms with Crippen molar-refractivity contribution >= 4 is 11.8 Å². The summed E-state index contributed by atoms with van der Waals surface area (Å²) in [5.41, 5.74) is 2.45. The molecule has 1 N–H and O–H groups in total. The normalized spacial score (nSPS) is 10.9. The number of nitrogens with one attached hydrogen (secondary N) is 1. The van der Waals surface area contributed by atoms with Crippen molar-refractivity contribution in [3.8, 4) is 5.75 Å². The number of benzene rings is 1. The number of methoxy groups -OCH3 is 1. The summed E-state index contributed by atoms with van der Waals surface area (Å²) in [5, 5.41) is 12.5. The molecular weight excluding hydrogens is 284 g/mol. The molecule has 0 saturated heterocycles. The van der Waals surface area contributed by atoms with Crippen molar-refractivity contribution in [2.24, 2.45) is 7.05 Å². The number of aryl methyl sites for hydroxylation is 1. The summed E-state index contributed by atoms with van der Waals surface area (Å²) in [4.78, 5) is 0. The summed E-state index contributed by atoms with van der Waals surface area (Å²) in [6.07, 6.45) is 0. The Labute approximate surface area is 130 Å². The van der Waals surface area contributed by atoms with Gasteiger partial charge in [-0.05, 0) is 31.2 Å². The van der Waals surface area contributed by atoms with Gasteiger partial charge in [0.1, 0.15) is 11.6 Å². The van der Waals surface area contributed by atoms with Crippen LogP contribution in [0.3, 0.4) is 0 Å². The summed E-state index contributed by atoms with van der Waals surface area (Å²) >= 11 is 1.67. The Bertz CT molecular complexity index is 597. The number of aromatic nitrogens is 3. The summed E-state index contributed by atoms with van der Waals surface area (Å²) < 4.78 is 7.45. The molecule has 0 bridgehead atoms. The molecule has 2 rings (SSSR count). The minimum atomic E-state index is 0.815. The van der Waals surface area contributed by atoms with E-state index in [1.165, 1.54) is 11.1 Å². The minimum Gasteiger partial charge on any atom is -0.496 e. The number of nitrogens with zero attached hydrogens (tertiary/aromatic N) is 3. The largest absolute Gasteiger partial charge is 0.496 e. The third kappa shape index (κ3) is 3.98. The molecule has 0 saturated carbocycles. The van der Waals surface area contributed by atoms with Gasteiger partial charge in [-0.3, -0.25) is 0 Å². The first-order chi connectivity index (χ1) is 10.2. The molecule has 114 valence electrons. The van der Waals surface area contributed by atoms with Crippen molar-refractivity contribution < 1.29 is 4.74 Å². The van der Waals surface area contributed by atoms with Gasteiger partial charge < -0.3 is 14.6 Å². The first-order valence-corrected chi connectivity index (χ1v) is 7.99. The Balaban J connectivity index is 2.11. The molecule has 1 aromatic carbocycles. The van der Waals surface area contributed by atoms with Crippen molar-refractivity contribution in [3.63, 3.8) is 0 Å². The van der Waals surface area contributed by atoms with Crippen molar-refractivity contribution in [3.05, 3.63) is 35.2 Å². The lowest BCUT2D eigenvalue weighted by Crippen LogP contribution is -2.11. The SMILES string of the molecule is CCNCc1ccc(OC)c(CSc2nnc(C)n2C)c1. The molecule has 0 radical (unpaired) electrons. The van der Waals surface area contributed by atoms with E-state index in [4.69, 9.17) is 4.74 Å². The van der Waals surface area contributed by atoms with E-state index in [1.54, 1.807) is 18.9 Å². The zero-order chi connectivity index (χ0) is 15.2. The van der Waals surface area contributed by atoms with E-state index in [2.05, 4.69) is 34.6 Å². The number of ether oxygens (including phenoxy) is 1. The summed E-state index contributed by atoms with van der Waals surface area (Å²) in [6, 6.07) is 6.32. The second kappa shape index (κ2) is 7.47. The van der Waals surface area contributed by atoms with E-state index in [0.29, 0.717) is 0 Å². The smallest absolute Gasteiger partial charge is 0.191 e. The van der Waals surface area contributed by atoms with Gasteiger partial charge in [0.2, 0.25) is 0 Å². The van der Waals surface area contributed by atoms with E-state index in [9.17, 15) is 0 Å². The molecule has 0 fully saturated rings. The van der Waals surface area contributed by atoms with Crippen LogP contribution in [0.2, 0.25) is 0 Å². The Morgan fingerprint density at radius 2 is 2.14 bits per heavy atom. The number of hydrogen-bond acceptors (Lipinski definition) is 5. The molecule has 21 heavy (non-hydrogen) atoms. The summed E-state index contributed by atoms with van der Waals surface area (Å²) in [7, 11) is 3.69. The highest BCUT2D eigenvalue weighted by atomic mass is 32.2. The van der Waals surface area contributed by atoms with Crippen LogP contribution in [-0.2, 0) is 19.3 Å². The highest BCUT2D eigenvalue weighted by Gasteiger charge is 2.09. The first-order valence-electron chi connectivity index (χ1n) is 7.01. The third-order valence-electron chi connectivity index (χ3n) is 3.33. The van der Waals surface area contributed by atoms with Crippen LogP contribution in [0.15, 0.2) is 23.4 Å². The standard InChI is InChI=1S/C15H22N4OS/c1-5-16-9-12-6-7-14(20-4)13(8-12)10-21-15-18-17-11(2)19(15)3/h6-8,16H,5,9-10H2,1-4H3. The van der Waals surface area contributed by atoms with Crippen LogP contribution in [0.5, 0.6) is 5.75 Å². The van der Waals surface area contributed by atoms with Gasteiger partial charge in [-0.15, -0.1) is 10.2 Å². The fraction of sp³-hybridized carbons (Fsp3) is 0.467. The fourth-order valence-corrected chi connectivity index (χ4v) is 2.91. The number of thioether (sulfide) groups is 1. The first kappa shape index (κ1) is 15.9. The number of rotatable bonds is 7. The van der Waals surface area contributed by atoms with Gasteiger partial charge in [-0.25, -0.2) is 0 Å². The predicted octanol–water partition coefficient (Wildman–Crippen LogP) is 2.53. The molecule has 0 atom stereocenters. The average Bonchev–Trinajstić information content (AvgIpc) is 2.82. The molecule has 1 aromatic heterocycles. The van der Waals surface area contributed by atoms with E-state index < -0.39 is 0 Å². The van der Waals surface area contributed by atoms with Crippen LogP contribution in [-0.4, -0.2) is 28.4 Å². The van der Waals surface area contributed by atoms with Crippen LogP contribution in [0.25, 0.3) is 0 Å². The van der Waals surface area contributed by atoms with Gasteiger partial charge >= 0.3 is 0 Å². The minimum absolute atomic E-state index is 0.815. The van der Waals surface area contributed by atoms with Gasteiger partial charge in [-0.1, -0.05) is 24.8 Å². The van der Waals surface area contributed by atoms with E-state index in [0.717, 1.165) is 35.6 Å². The van der Waals surface area contributed by atoms with Crippen molar-refractivity contribution in [2.75, 3.05) is 13.7 Å². The molecule has 0 aliphatic carbocycles. The van der Waals surface area contributed by atoms with Gasteiger partial charge in [0.15, 0.2) is 5.16 Å². The molecule has 0 aliphatic rings. The third-order valence-corrected chi connectivity index (χ3v) is 4.40. The summed E-state index contributed by atoms with van der Waals surface area (Å²) in [5.74, 6) is 2.65. The molecule has 1 heterocycles. The van der Waals surface area contributed by atoms with Crippen molar-refractivity contribution in [1.29, 1.82) is 0 Å². The fourth-order valence-electron chi connectivity index (χ4n) is 1.98. The monoisotopic (exact) mass is 306 g/mol. The molecule has 6 heteroatoms. The van der Waals surface area contributed by atoms with E-state index in [1.807, 2.05) is 24.6 Å². The lowest BCUT2D eigenvalue weighted by Gasteiger charge is -2.11. The van der Waals surface area contributed by atoms with Crippen LogP contribution in [0.1, 0.15) is 23.9 Å². The lowest BCUT2D eigenvalue weighted by atomic mass is 10.1. The second-order valence-electron chi connectivity index (χ2n) is 4.80. The molecular formula is C15H22N4OS. The van der Waals surface area contributed by atoms with Crippen LogP contribution in [0.4, 0.5) is 0 Å². The van der Waals surface area contributed by atoms with Gasteiger partial charge in [0, 0.05) is 24.9 Å². The van der Waals surface area contributed by atoms with Crippen molar-refractivity contribution in [2.45, 2.75) is 31.3 Å². The van der Waals surface area contributed by atoms with Gasteiger partial charge in [-0.2, -0.15) is 0 Å². The zero-order valence-electron chi connectivity index (χ0n) is 13.0. The Hall–Kier alpha value is -1.53. The number of hydrogen-bond donors (Lipinski definition) is 1. The molecule has 0 spiro atoms. The van der Waals surface area contributed by atoms with Crippen molar-refractivity contribution in [1.82, 2.24) is 20.1 Å². The second-order valence-corrected chi connectivity index (χ2v) is 5.75. The Kier molecular flexibility index (Phi) is 5.64. The van der Waals surface area contributed by atoms with E-state index in [-0.39, 0.29) is 0 Å². The quantitative estimate of drug-likeness (QED) is 0.797. The van der Waals surface area contributed by atoms with E-state index >= 15 is 0 Å². The maximum atomic E-state index is 5.45. The van der Waals surface area contributed by atoms with Crippen LogP contribution in [0, 0.1) is 6.92 Å². The highest BCUT2D eigenvalue weighted by molar-refractivity contribution is 7.98. The molecule has 0 aliphatic heterocycles. The van der Waals surface area contributed by atoms with Crippen LogP contribution >= 0.6 is 11.8 Å².